The fraction of sp³-hybridized carbons (Fsp3) is 0.929. The van der Waals surface area contributed by atoms with Crippen LogP contribution in [0.1, 0.15) is 64.7 Å². The highest BCUT2D eigenvalue weighted by Crippen LogP contribution is 2.46. The highest BCUT2D eigenvalue weighted by Gasteiger charge is 2.43. The number of rotatable bonds is 3. The normalized spacial score (nSPS) is 35.7. The molecule has 0 saturated heterocycles. The van der Waals surface area contributed by atoms with Gasteiger partial charge in [0.15, 0.2) is 0 Å². The quantitative estimate of drug-likeness (QED) is 0.826. The molecule has 0 aromatic heterocycles. The average molecular weight is 256 g/mol. The molecule has 0 spiro atoms. The SMILES string of the molecule is CC1CCC(SC2CCCCC2)(C(=O)O)CC1. The van der Waals surface area contributed by atoms with Gasteiger partial charge in [-0.05, 0) is 44.4 Å². The van der Waals surface area contributed by atoms with Gasteiger partial charge in [0.1, 0.15) is 4.75 Å². The smallest absolute Gasteiger partial charge is 0.319 e. The third kappa shape index (κ3) is 3.18. The van der Waals surface area contributed by atoms with Crippen molar-refractivity contribution in [2.75, 3.05) is 0 Å². The summed E-state index contributed by atoms with van der Waals surface area (Å²) < 4.78 is -0.450. The number of aliphatic carboxylic acids is 1. The van der Waals surface area contributed by atoms with Crippen LogP contribution in [-0.2, 0) is 4.79 Å². The summed E-state index contributed by atoms with van der Waals surface area (Å²) in [6.45, 7) is 2.25. The van der Waals surface area contributed by atoms with Crippen LogP contribution in [0.5, 0.6) is 0 Å². The van der Waals surface area contributed by atoms with E-state index in [4.69, 9.17) is 0 Å². The van der Waals surface area contributed by atoms with Crippen LogP contribution in [0.25, 0.3) is 0 Å². The van der Waals surface area contributed by atoms with Gasteiger partial charge in [0, 0.05) is 5.25 Å². The molecule has 17 heavy (non-hydrogen) atoms. The summed E-state index contributed by atoms with van der Waals surface area (Å²) in [5.74, 6) is 0.161. The Kier molecular flexibility index (Phi) is 4.40. The van der Waals surface area contributed by atoms with Crippen molar-refractivity contribution in [2.24, 2.45) is 5.92 Å². The second-order valence-corrected chi connectivity index (χ2v) is 7.54. The van der Waals surface area contributed by atoms with E-state index < -0.39 is 10.7 Å². The summed E-state index contributed by atoms with van der Waals surface area (Å²) in [6.07, 6.45) is 10.3. The van der Waals surface area contributed by atoms with Crippen molar-refractivity contribution >= 4 is 17.7 Å². The zero-order valence-electron chi connectivity index (χ0n) is 10.8. The molecule has 2 fully saturated rings. The largest absolute Gasteiger partial charge is 0.480 e. The number of hydrogen-bond acceptors (Lipinski definition) is 2. The van der Waals surface area contributed by atoms with E-state index in [1.807, 2.05) is 0 Å². The van der Waals surface area contributed by atoms with E-state index in [1.54, 1.807) is 11.8 Å². The van der Waals surface area contributed by atoms with Crippen LogP contribution >= 0.6 is 11.8 Å². The molecule has 0 aromatic rings. The predicted octanol–water partition coefficient (Wildman–Crippen LogP) is 4.09. The van der Waals surface area contributed by atoms with Crippen molar-refractivity contribution in [1.29, 1.82) is 0 Å². The van der Waals surface area contributed by atoms with Crippen molar-refractivity contribution in [2.45, 2.75) is 74.7 Å². The first kappa shape index (κ1) is 13.3. The van der Waals surface area contributed by atoms with Crippen molar-refractivity contribution in [1.82, 2.24) is 0 Å². The van der Waals surface area contributed by atoms with Gasteiger partial charge in [0.05, 0.1) is 0 Å². The highest BCUT2D eigenvalue weighted by atomic mass is 32.2. The van der Waals surface area contributed by atoms with Crippen LogP contribution in [0.15, 0.2) is 0 Å². The van der Waals surface area contributed by atoms with Gasteiger partial charge < -0.3 is 5.11 Å². The molecule has 3 heteroatoms. The van der Waals surface area contributed by atoms with E-state index in [9.17, 15) is 9.90 Å². The van der Waals surface area contributed by atoms with Crippen LogP contribution in [0.3, 0.4) is 0 Å². The van der Waals surface area contributed by atoms with Gasteiger partial charge in [-0.3, -0.25) is 4.79 Å². The lowest BCUT2D eigenvalue weighted by atomic mass is 9.82. The fourth-order valence-corrected chi connectivity index (χ4v) is 4.89. The van der Waals surface area contributed by atoms with E-state index in [2.05, 4.69) is 6.92 Å². The molecular weight excluding hydrogens is 232 g/mol. The molecular formula is C14H24O2S. The van der Waals surface area contributed by atoms with Crippen LogP contribution in [0, 0.1) is 5.92 Å². The Bertz CT molecular complexity index is 263. The first-order valence-electron chi connectivity index (χ1n) is 7.04. The van der Waals surface area contributed by atoms with Crippen molar-refractivity contribution in [3.05, 3.63) is 0 Å². The van der Waals surface area contributed by atoms with Crippen molar-refractivity contribution in [3.63, 3.8) is 0 Å². The number of hydrogen-bond donors (Lipinski definition) is 1. The Labute approximate surface area is 109 Å². The molecule has 2 nitrogen and oxygen atoms in total. The summed E-state index contributed by atoms with van der Waals surface area (Å²) >= 11 is 1.80. The van der Waals surface area contributed by atoms with E-state index in [-0.39, 0.29) is 0 Å². The van der Waals surface area contributed by atoms with Gasteiger partial charge in [-0.2, -0.15) is 0 Å². The number of thioether (sulfide) groups is 1. The van der Waals surface area contributed by atoms with Gasteiger partial charge in [-0.1, -0.05) is 26.2 Å². The summed E-state index contributed by atoms with van der Waals surface area (Å²) in [6, 6.07) is 0. The van der Waals surface area contributed by atoms with Crippen LogP contribution in [0.2, 0.25) is 0 Å². The topological polar surface area (TPSA) is 37.3 Å². The Morgan fingerprint density at radius 1 is 1.12 bits per heavy atom. The van der Waals surface area contributed by atoms with Gasteiger partial charge in [0.2, 0.25) is 0 Å². The predicted molar refractivity (Wildman–Crippen MR) is 72.5 cm³/mol. The van der Waals surface area contributed by atoms with E-state index in [1.165, 1.54) is 32.1 Å². The average Bonchev–Trinajstić information content (AvgIpc) is 2.33. The Balaban J connectivity index is 1.98. The Morgan fingerprint density at radius 2 is 1.71 bits per heavy atom. The molecule has 2 saturated carbocycles. The lowest BCUT2D eigenvalue weighted by Crippen LogP contribution is -2.40. The lowest BCUT2D eigenvalue weighted by molar-refractivity contribution is -0.141. The summed E-state index contributed by atoms with van der Waals surface area (Å²) in [5, 5.41) is 10.2. The molecule has 1 N–H and O–H groups in total. The zero-order chi connectivity index (χ0) is 12.3. The monoisotopic (exact) mass is 256 g/mol. The molecule has 0 amide bonds. The maximum atomic E-state index is 11.6. The molecule has 0 bridgehead atoms. The van der Waals surface area contributed by atoms with Crippen molar-refractivity contribution < 1.29 is 9.90 Å². The minimum atomic E-state index is -0.556. The molecule has 0 atom stereocenters. The maximum Gasteiger partial charge on any atom is 0.319 e. The number of carboxylic acid groups (broad SMARTS) is 1. The number of carboxylic acids is 1. The van der Waals surface area contributed by atoms with Crippen LogP contribution < -0.4 is 0 Å². The molecule has 2 aliphatic rings. The van der Waals surface area contributed by atoms with Crippen molar-refractivity contribution in [3.8, 4) is 0 Å². The first-order chi connectivity index (χ1) is 8.12. The standard InChI is InChI=1S/C14H24O2S/c1-11-7-9-14(10-8-11,13(15)16)17-12-5-3-2-4-6-12/h11-12H,2-10H2,1H3,(H,15,16). The Morgan fingerprint density at radius 3 is 2.24 bits per heavy atom. The van der Waals surface area contributed by atoms with Crippen LogP contribution in [0.4, 0.5) is 0 Å². The second kappa shape index (κ2) is 5.64. The third-order valence-electron chi connectivity index (χ3n) is 4.42. The minimum absolute atomic E-state index is 0.450. The van der Waals surface area contributed by atoms with Gasteiger partial charge in [0.25, 0.3) is 0 Å². The molecule has 2 aliphatic carbocycles. The molecule has 98 valence electrons. The maximum absolute atomic E-state index is 11.6. The Hall–Kier alpha value is -0.180. The third-order valence-corrected chi connectivity index (χ3v) is 6.25. The first-order valence-corrected chi connectivity index (χ1v) is 7.91. The lowest BCUT2D eigenvalue weighted by Gasteiger charge is -2.38. The van der Waals surface area contributed by atoms with Gasteiger partial charge in [-0.15, -0.1) is 11.8 Å². The molecule has 0 aliphatic heterocycles. The van der Waals surface area contributed by atoms with E-state index >= 15 is 0 Å². The summed E-state index contributed by atoms with van der Waals surface area (Å²) in [7, 11) is 0. The molecule has 0 unspecified atom stereocenters. The zero-order valence-corrected chi connectivity index (χ0v) is 11.6. The molecule has 0 heterocycles. The molecule has 2 rings (SSSR count). The second-order valence-electron chi connectivity index (χ2n) is 5.86. The molecule has 0 aromatic carbocycles. The van der Waals surface area contributed by atoms with Crippen LogP contribution in [-0.4, -0.2) is 21.1 Å². The minimum Gasteiger partial charge on any atom is -0.480 e. The van der Waals surface area contributed by atoms with Gasteiger partial charge in [-0.25, -0.2) is 0 Å². The summed E-state index contributed by atoms with van der Waals surface area (Å²) in [4.78, 5) is 11.6. The van der Waals surface area contributed by atoms with Gasteiger partial charge >= 0.3 is 5.97 Å². The summed E-state index contributed by atoms with van der Waals surface area (Å²) in [5.41, 5.74) is 0. The number of carbonyl (C=O) groups is 1. The molecule has 0 radical (unpaired) electrons. The van der Waals surface area contributed by atoms with E-state index in [0.29, 0.717) is 5.25 Å². The highest BCUT2D eigenvalue weighted by molar-refractivity contribution is 8.02. The fourth-order valence-electron chi connectivity index (χ4n) is 3.11. The van der Waals surface area contributed by atoms with E-state index in [0.717, 1.165) is 31.6 Å².